The molecule has 2 amide bonds. The molecule has 156 valence electrons. The number of furan rings is 1. The van der Waals surface area contributed by atoms with Crippen molar-refractivity contribution in [1.29, 1.82) is 0 Å². The van der Waals surface area contributed by atoms with E-state index < -0.39 is 18.0 Å². The normalized spacial score (nSPS) is 11.5. The maximum Gasteiger partial charge on any atom is 0.349 e. The maximum absolute atomic E-state index is 12.5. The molecule has 0 saturated carbocycles. The summed E-state index contributed by atoms with van der Waals surface area (Å²) < 4.78 is 10.3. The molecule has 0 bridgehead atoms. The predicted molar refractivity (Wildman–Crippen MR) is 112 cm³/mol. The van der Waals surface area contributed by atoms with Crippen molar-refractivity contribution in [1.82, 2.24) is 5.32 Å². The minimum Gasteiger partial charge on any atom is -0.459 e. The Balaban J connectivity index is 1.56. The monoisotopic (exact) mass is 446 g/mol. The molecular weight excluding hydrogens is 428 g/mol. The number of thiophene rings is 2. The largest absolute Gasteiger partial charge is 0.459 e. The Hall–Kier alpha value is -3.24. The SMILES string of the molecule is CC(=O)NCc1ccc(C(=O)C(C)OC(=O)c2ccc(NC(=O)c3ccco3)s2)s1. The molecule has 10 heteroatoms. The number of anilines is 1. The van der Waals surface area contributed by atoms with E-state index in [1.807, 2.05) is 0 Å². The fraction of sp³-hybridized carbons (Fsp3) is 0.200. The number of ether oxygens (including phenoxy) is 1. The maximum atomic E-state index is 12.5. The Morgan fingerprint density at radius 1 is 1.07 bits per heavy atom. The molecule has 0 aliphatic carbocycles. The van der Waals surface area contributed by atoms with Gasteiger partial charge in [0.1, 0.15) is 4.88 Å². The topological polar surface area (TPSA) is 115 Å². The third-order valence-electron chi connectivity index (χ3n) is 3.86. The first-order chi connectivity index (χ1) is 14.3. The molecule has 0 spiro atoms. The molecule has 3 heterocycles. The van der Waals surface area contributed by atoms with E-state index in [9.17, 15) is 19.2 Å². The molecule has 0 aliphatic heterocycles. The van der Waals surface area contributed by atoms with Crippen LogP contribution in [0.1, 0.15) is 48.6 Å². The molecule has 8 nitrogen and oxygen atoms in total. The highest BCUT2D eigenvalue weighted by Crippen LogP contribution is 2.25. The number of rotatable bonds is 8. The van der Waals surface area contributed by atoms with Crippen molar-refractivity contribution < 1.29 is 28.3 Å². The van der Waals surface area contributed by atoms with E-state index in [2.05, 4.69) is 10.6 Å². The summed E-state index contributed by atoms with van der Waals surface area (Å²) in [5.74, 6) is -1.42. The Kier molecular flexibility index (Phi) is 6.80. The van der Waals surface area contributed by atoms with Crippen LogP contribution in [0.15, 0.2) is 47.1 Å². The van der Waals surface area contributed by atoms with Crippen molar-refractivity contribution in [3.8, 4) is 0 Å². The molecule has 1 unspecified atom stereocenters. The van der Waals surface area contributed by atoms with E-state index in [4.69, 9.17) is 9.15 Å². The van der Waals surface area contributed by atoms with E-state index in [-0.39, 0.29) is 22.3 Å². The first kappa shape index (κ1) is 21.5. The van der Waals surface area contributed by atoms with Gasteiger partial charge in [0, 0.05) is 11.8 Å². The van der Waals surface area contributed by atoms with Crippen LogP contribution in [0, 0.1) is 0 Å². The number of Topliss-reactive ketones (excluding diaryl/α,β-unsaturated/α-hetero) is 1. The molecule has 0 radical (unpaired) electrons. The van der Waals surface area contributed by atoms with Crippen LogP contribution in [0.25, 0.3) is 0 Å². The van der Waals surface area contributed by atoms with Gasteiger partial charge in [0.05, 0.1) is 22.7 Å². The minimum atomic E-state index is -0.979. The van der Waals surface area contributed by atoms with Gasteiger partial charge in [0.2, 0.25) is 11.7 Å². The van der Waals surface area contributed by atoms with Crippen LogP contribution >= 0.6 is 22.7 Å². The van der Waals surface area contributed by atoms with Crippen LogP contribution < -0.4 is 10.6 Å². The Morgan fingerprint density at radius 2 is 1.83 bits per heavy atom. The van der Waals surface area contributed by atoms with Gasteiger partial charge in [-0.2, -0.15) is 0 Å². The highest BCUT2D eigenvalue weighted by atomic mass is 32.1. The highest BCUT2D eigenvalue weighted by molar-refractivity contribution is 7.18. The summed E-state index contributed by atoms with van der Waals surface area (Å²) in [6.07, 6.45) is 0.411. The van der Waals surface area contributed by atoms with Crippen molar-refractivity contribution in [3.63, 3.8) is 0 Å². The van der Waals surface area contributed by atoms with Gasteiger partial charge >= 0.3 is 5.97 Å². The second kappa shape index (κ2) is 9.51. The number of hydrogen-bond acceptors (Lipinski definition) is 8. The summed E-state index contributed by atoms with van der Waals surface area (Å²) >= 11 is 2.27. The molecule has 1 atom stereocenters. The van der Waals surface area contributed by atoms with Crippen molar-refractivity contribution in [3.05, 3.63) is 63.1 Å². The number of ketones is 1. The fourth-order valence-electron chi connectivity index (χ4n) is 2.39. The van der Waals surface area contributed by atoms with Crippen molar-refractivity contribution in [2.45, 2.75) is 26.5 Å². The Bertz CT molecular complexity index is 1070. The standard InChI is InChI=1S/C20H18N2O6S2/c1-11(18(24)15-6-5-13(29-15)10-21-12(2)23)28-20(26)16-7-8-17(30-16)22-19(25)14-4-3-9-27-14/h3-9,11H,10H2,1-2H3,(H,21,23)(H,22,25). The average molecular weight is 447 g/mol. The fourth-order valence-corrected chi connectivity index (χ4v) is 4.14. The highest BCUT2D eigenvalue weighted by Gasteiger charge is 2.23. The van der Waals surface area contributed by atoms with Crippen molar-refractivity contribution >= 4 is 51.2 Å². The van der Waals surface area contributed by atoms with E-state index in [1.54, 1.807) is 24.3 Å². The third kappa shape index (κ3) is 5.43. The van der Waals surface area contributed by atoms with Crippen LogP contribution in [0.5, 0.6) is 0 Å². The summed E-state index contributed by atoms with van der Waals surface area (Å²) in [5, 5.41) is 5.74. The first-order valence-electron chi connectivity index (χ1n) is 8.86. The third-order valence-corrected chi connectivity index (χ3v) is 5.94. The number of nitrogens with one attached hydrogen (secondary N) is 2. The second-order valence-electron chi connectivity index (χ2n) is 6.18. The molecular formula is C20H18N2O6S2. The minimum absolute atomic E-state index is 0.153. The van der Waals surface area contributed by atoms with Crippen molar-refractivity contribution in [2.75, 3.05) is 5.32 Å². The summed E-state index contributed by atoms with van der Waals surface area (Å²) in [6.45, 7) is 3.25. The Labute approximate surface area is 179 Å². The van der Waals surface area contributed by atoms with Gasteiger partial charge in [-0.3, -0.25) is 14.4 Å². The number of esters is 1. The van der Waals surface area contributed by atoms with Gasteiger partial charge in [0.15, 0.2) is 11.9 Å². The average Bonchev–Trinajstić information content (AvgIpc) is 3.46. The van der Waals surface area contributed by atoms with Crippen LogP contribution in [-0.4, -0.2) is 29.7 Å². The van der Waals surface area contributed by atoms with Gasteiger partial charge < -0.3 is 19.8 Å². The van der Waals surface area contributed by atoms with E-state index in [0.29, 0.717) is 16.4 Å². The number of amides is 2. The van der Waals surface area contributed by atoms with Crippen LogP contribution in [0.3, 0.4) is 0 Å². The summed E-state index contributed by atoms with van der Waals surface area (Å²) in [5.41, 5.74) is 0. The molecule has 3 aromatic rings. The molecule has 30 heavy (non-hydrogen) atoms. The number of carbonyl (C=O) groups excluding carboxylic acids is 4. The summed E-state index contributed by atoms with van der Waals surface area (Å²) in [7, 11) is 0. The van der Waals surface area contributed by atoms with Gasteiger partial charge in [-0.25, -0.2) is 4.79 Å². The van der Waals surface area contributed by atoms with Crippen molar-refractivity contribution in [2.24, 2.45) is 0 Å². The van der Waals surface area contributed by atoms with Crippen LogP contribution in [-0.2, 0) is 16.1 Å². The summed E-state index contributed by atoms with van der Waals surface area (Å²) in [4.78, 5) is 49.4. The van der Waals surface area contributed by atoms with E-state index in [1.165, 1.54) is 43.6 Å². The van der Waals surface area contributed by atoms with Gasteiger partial charge in [-0.15, -0.1) is 22.7 Å². The number of carbonyl (C=O) groups is 4. The molecule has 0 aromatic carbocycles. The lowest BCUT2D eigenvalue weighted by Gasteiger charge is -2.10. The zero-order valence-electron chi connectivity index (χ0n) is 16.1. The molecule has 0 aliphatic rings. The Morgan fingerprint density at radius 3 is 2.53 bits per heavy atom. The van der Waals surface area contributed by atoms with E-state index in [0.717, 1.165) is 16.2 Å². The molecule has 3 aromatic heterocycles. The lowest BCUT2D eigenvalue weighted by molar-refractivity contribution is -0.119. The molecule has 3 rings (SSSR count). The van der Waals surface area contributed by atoms with E-state index >= 15 is 0 Å². The molecule has 2 N–H and O–H groups in total. The van der Waals surface area contributed by atoms with Crippen LogP contribution in [0.4, 0.5) is 5.00 Å². The number of hydrogen-bond donors (Lipinski definition) is 2. The molecule has 0 saturated heterocycles. The second-order valence-corrected chi connectivity index (χ2v) is 8.43. The smallest absolute Gasteiger partial charge is 0.349 e. The predicted octanol–water partition coefficient (Wildman–Crippen LogP) is 3.72. The lowest BCUT2D eigenvalue weighted by Crippen LogP contribution is -2.23. The summed E-state index contributed by atoms with van der Waals surface area (Å²) in [6, 6.07) is 9.59. The first-order valence-corrected chi connectivity index (χ1v) is 10.5. The lowest BCUT2D eigenvalue weighted by atomic mass is 10.2. The van der Waals surface area contributed by atoms with Gasteiger partial charge in [-0.05, 0) is 43.3 Å². The van der Waals surface area contributed by atoms with Gasteiger partial charge in [0.25, 0.3) is 5.91 Å². The van der Waals surface area contributed by atoms with Gasteiger partial charge in [-0.1, -0.05) is 0 Å². The zero-order valence-corrected chi connectivity index (χ0v) is 17.7. The molecule has 0 fully saturated rings. The quantitative estimate of drug-likeness (QED) is 0.403. The van der Waals surface area contributed by atoms with Crippen LogP contribution in [0.2, 0.25) is 0 Å². The zero-order chi connectivity index (χ0) is 21.7.